The predicted octanol–water partition coefficient (Wildman–Crippen LogP) is 0.619. The minimum absolute atomic E-state index is 0.0328. The van der Waals surface area contributed by atoms with Crippen molar-refractivity contribution in [3.8, 4) is 0 Å². The lowest BCUT2D eigenvalue weighted by Gasteiger charge is -2.23. The van der Waals surface area contributed by atoms with Crippen LogP contribution in [0.2, 0.25) is 0 Å². The number of amides is 1. The van der Waals surface area contributed by atoms with Gasteiger partial charge in [0.15, 0.2) is 5.84 Å². The lowest BCUT2D eigenvalue weighted by atomic mass is 10.0. The molecule has 1 aromatic rings. The van der Waals surface area contributed by atoms with E-state index in [9.17, 15) is 4.79 Å². The van der Waals surface area contributed by atoms with Gasteiger partial charge in [-0.1, -0.05) is 29.4 Å². The Morgan fingerprint density at radius 1 is 1.50 bits per heavy atom. The van der Waals surface area contributed by atoms with Crippen LogP contribution in [0.3, 0.4) is 0 Å². The van der Waals surface area contributed by atoms with E-state index >= 15 is 0 Å². The van der Waals surface area contributed by atoms with E-state index in [-0.39, 0.29) is 17.3 Å². The van der Waals surface area contributed by atoms with Gasteiger partial charge in [-0.3, -0.25) is 4.79 Å². The normalized spacial score (nSPS) is 22.8. The quantitative estimate of drug-likeness (QED) is 0.325. The molecule has 1 aliphatic heterocycles. The molecule has 0 bridgehead atoms. The zero-order chi connectivity index (χ0) is 14.6. The molecule has 1 fully saturated rings. The van der Waals surface area contributed by atoms with E-state index in [1.807, 2.05) is 6.92 Å². The number of nitrogens with two attached hydrogens (primary N) is 1. The number of amidine groups is 1. The highest BCUT2D eigenvalue weighted by Gasteiger charge is 2.30. The summed E-state index contributed by atoms with van der Waals surface area (Å²) in [7, 11) is 0. The van der Waals surface area contributed by atoms with Crippen molar-refractivity contribution in [2.45, 2.75) is 25.3 Å². The number of carbonyl (C=O) groups is 1. The van der Waals surface area contributed by atoms with E-state index in [0.717, 1.165) is 12.0 Å². The average molecular weight is 277 g/mol. The molecule has 6 nitrogen and oxygen atoms in total. The standard InChI is InChI=1S/C14H19N3O3/c1-14(6-7-20-9-14)16-12(18)8-10-2-4-11(5-3-10)13(15)17-19/h2-5,19H,6-9H2,1H3,(H2,15,17)(H,16,18). The first kappa shape index (κ1) is 14.3. The number of hydrogen-bond acceptors (Lipinski definition) is 4. The summed E-state index contributed by atoms with van der Waals surface area (Å²) in [6.07, 6.45) is 1.13. The summed E-state index contributed by atoms with van der Waals surface area (Å²) in [5.74, 6) is 0.0196. The molecule has 1 amide bonds. The third kappa shape index (κ3) is 3.48. The summed E-state index contributed by atoms with van der Waals surface area (Å²) in [5, 5.41) is 14.5. The number of carbonyl (C=O) groups excluding carboxylic acids is 1. The van der Waals surface area contributed by atoms with Crippen LogP contribution in [0.1, 0.15) is 24.5 Å². The summed E-state index contributed by atoms with van der Waals surface area (Å²) >= 11 is 0. The van der Waals surface area contributed by atoms with Gasteiger partial charge in [-0.15, -0.1) is 0 Å². The van der Waals surface area contributed by atoms with Crippen LogP contribution < -0.4 is 11.1 Å². The SMILES string of the molecule is CC1(NC(=O)Cc2ccc(/C(N)=N/O)cc2)CCOC1. The van der Waals surface area contributed by atoms with Crippen LogP contribution in [-0.4, -0.2) is 35.7 Å². The maximum atomic E-state index is 12.0. The zero-order valence-electron chi connectivity index (χ0n) is 11.4. The van der Waals surface area contributed by atoms with E-state index in [0.29, 0.717) is 25.2 Å². The number of benzene rings is 1. The first-order chi connectivity index (χ1) is 9.52. The van der Waals surface area contributed by atoms with Gasteiger partial charge in [-0.25, -0.2) is 0 Å². The third-order valence-electron chi connectivity index (χ3n) is 3.38. The maximum absolute atomic E-state index is 12.0. The minimum Gasteiger partial charge on any atom is -0.409 e. The van der Waals surface area contributed by atoms with Crippen molar-refractivity contribution in [1.82, 2.24) is 5.32 Å². The average Bonchev–Trinajstić information content (AvgIpc) is 2.84. The minimum atomic E-state index is -0.259. The van der Waals surface area contributed by atoms with E-state index < -0.39 is 0 Å². The smallest absolute Gasteiger partial charge is 0.224 e. The molecular formula is C14H19N3O3. The fourth-order valence-corrected chi connectivity index (χ4v) is 2.18. The second-order valence-corrected chi connectivity index (χ2v) is 5.27. The molecule has 1 aliphatic rings. The molecule has 1 heterocycles. The fraction of sp³-hybridized carbons (Fsp3) is 0.429. The summed E-state index contributed by atoms with van der Waals surface area (Å²) in [6.45, 7) is 3.23. The van der Waals surface area contributed by atoms with Gasteiger partial charge in [0.25, 0.3) is 0 Å². The van der Waals surface area contributed by atoms with Crippen LogP contribution in [0.5, 0.6) is 0 Å². The summed E-state index contributed by atoms with van der Waals surface area (Å²) in [6, 6.07) is 7.02. The van der Waals surface area contributed by atoms with Gasteiger partial charge in [0.1, 0.15) is 0 Å². The van der Waals surface area contributed by atoms with Crippen LogP contribution in [0.4, 0.5) is 0 Å². The van der Waals surface area contributed by atoms with Crippen molar-refractivity contribution >= 4 is 11.7 Å². The molecule has 20 heavy (non-hydrogen) atoms. The van der Waals surface area contributed by atoms with E-state index in [1.165, 1.54) is 0 Å². The van der Waals surface area contributed by atoms with Crippen molar-refractivity contribution in [1.29, 1.82) is 0 Å². The lowest BCUT2D eigenvalue weighted by molar-refractivity contribution is -0.122. The first-order valence-electron chi connectivity index (χ1n) is 6.48. The largest absolute Gasteiger partial charge is 0.409 e. The Morgan fingerprint density at radius 3 is 2.75 bits per heavy atom. The monoisotopic (exact) mass is 277 g/mol. The highest BCUT2D eigenvalue weighted by atomic mass is 16.5. The summed E-state index contributed by atoms with van der Waals surface area (Å²) in [5.41, 5.74) is 6.71. The molecule has 1 aromatic carbocycles. The topological polar surface area (TPSA) is 96.9 Å². The van der Waals surface area contributed by atoms with Crippen molar-refractivity contribution < 1.29 is 14.7 Å². The Hall–Kier alpha value is -2.08. The second-order valence-electron chi connectivity index (χ2n) is 5.27. The fourth-order valence-electron chi connectivity index (χ4n) is 2.18. The Morgan fingerprint density at radius 2 is 2.20 bits per heavy atom. The first-order valence-corrected chi connectivity index (χ1v) is 6.48. The second kappa shape index (κ2) is 5.92. The van der Waals surface area contributed by atoms with Gasteiger partial charge in [-0.05, 0) is 18.9 Å². The van der Waals surface area contributed by atoms with Crippen molar-refractivity contribution in [2.24, 2.45) is 10.9 Å². The number of hydrogen-bond donors (Lipinski definition) is 3. The number of nitrogens with one attached hydrogen (secondary N) is 1. The van der Waals surface area contributed by atoms with E-state index in [1.54, 1.807) is 24.3 Å². The zero-order valence-corrected chi connectivity index (χ0v) is 11.4. The highest BCUT2D eigenvalue weighted by molar-refractivity contribution is 5.97. The highest BCUT2D eigenvalue weighted by Crippen LogP contribution is 2.17. The Balaban J connectivity index is 1.94. The van der Waals surface area contributed by atoms with Crippen molar-refractivity contribution in [3.63, 3.8) is 0 Å². The van der Waals surface area contributed by atoms with Crippen molar-refractivity contribution in [2.75, 3.05) is 13.2 Å². The molecule has 0 aromatic heterocycles. The number of ether oxygens (including phenoxy) is 1. The van der Waals surface area contributed by atoms with Crippen LogP contribution in [0, 0.1) is 0 Å². The van der Waals surface area contributed by atoms with Crippen LogP contribution in [-0.2, 0) is 16.0 Å². The lowest BCUT2D eigenvalue weighted by Crippen LogP contribution is -2.47. The molecule has 1 atom stereocenters. The molecule has 4 N–H and O–H groups in total. The predicted molar refractivity (Wildman–Crippen MR) is 74.6 cm³/mol. The molecule has 2 rings (SSSR count). The van der Waals surface area contributed by atoms with Crippen LogP contribution in [0.15, 0.2) is 29.4 Å². The number of nitrogens with zero attached hydrogens (tertiary/aromatic N) is 1. The third-order valence-corrected chi connectivity index (χ3v) is 3.38. The molecule has 0 radical (unpaired) electrons. The Bertz CT molecular complexity index is 505. The molecule has 1 unspecified atom stereocenters. The Kier molecular flexibility index (Phi) is 4.24. The number of oxime groups is 1. The maximum Gasteiger partial charge on any atom is 0.224 e. The summed E-state index contributed by atoms with van der Waals surface area (Å²) < 4.78 is 5.30. The van der Waals surface area contributed by atoms with Crippen LogP contribution >= 0.6 is 0 Å². The molecule has 1 saturated heterocycles. The van der Waals surface area contributed by atoms with Crippen molar-refractivity contribution in [3.05, 3.63) is 35.4 Å². The molecule has 0 saturated carbocycles. The molecule has 6 heteroatoms. The van der Waals surface area contributed by atoms with E-state index in [2.05, 4.69) is 10.5 Å². The molecular weight excluding hydrogens is 258 g/mol. The van der Waals surface area contributed by atoms with Crippen LogP contribution in [0.25, 0.3) is 0 Å². The number of rotatable bonds is 4. The Labute approximate surface area is 117 Å². The van der Waals surface area contributed by atoms with Gasteiger partial charge >= 0.3 is 0 Å². The molecule has 0 spiro atoms. The van der Waals surface area contributed by atoms with Gasteiger partial charge in [0, 0.05) is 12.2 Å². The van der Waals surface area contributed by atoms with E-state index in [4.69, 9.17) is 15.7 Å². The van der Waals surface area contributed by atoms with Gasteiger partial charge in [0.05, 0.1) is 18.6 Å². The van der Waals surface area contributed by atoms with Gasteiger partial charge in [0.2, 0.25) is 5.91 Å². The van der Waals surface area contributed by atoms with Gasteiger partial charge < -0.3 is 21.0 Å². The molecule has 108 valence electrons. The summed E-state index contributed by atoms with van der Waals surface area (Å²) in [4.78, 5) is 12.0. The molecule has 0 aliphatic carbocycles. The van der Waals surface area contributed by atoms with Gasteiger partial charge in [-0.2, -0.15) is 0 Å².